The summed E-state index contributed by atoms with van der Waals surface area (Å²) in [6, 6.07) is 1.15. The number of esters is 1. The van der Waals surface area contributed by atoms with Crippen LogP contribution in [0.25, 0.3) is 0 Å². The van der Waals surface area contributed by atoms with Crippen molar-refractivity contribution in [3.8, 4) is 0 Å². The lowest BCUT2D eigenvalue weighted by Gasteiger charge is -2.46. The molecule has 2 heterocycles. The molecule has 2 aliphatic carbocycles. The van der Waals surface area contributed by atoms with Crippen LogP contribution in [0.3, 0.4) is 0 Å². The highest BCUT2D eigenvalue weighted by Gasteiger charge is 2.53. The number of carbonyl (C=O) groups excluding carboxylic acids is 1. The van der Waals surface area contributed by atoms with E-state index in [1.165, 1.54) is 44.9 Å². The normalized spacial score (nSPS) is 48.8. The Morgan fingerprint density at radius 1 is 1.04 bits per heavy atom. The van der Waals surface area contributed by atoms with Crippen molar-refractivity contribution in [3.63, 3.8) is 0 Å². The number of hydrogen-bond donors (Lipinski definition) is 1. The summed E-state index contributed by atoms with van der Waals surface area (Å²) in [5.74, 6) is 2.70. The van der Waals surface area contributed by atoms with Crippen molar-refractivity contribution in [2.75, 3.05) is 0 Å². The molecule has 1 N–H and O–H groups in total. The molecule has 4 aliphatic rings. The van der Waals surface area contributed by atoms with Crippen LogP contribution in [0.4, 0.5) is 0 Å². The summed E-state index contributed by atoms with van der Waals surface area (Å²) >= 11 is 0. The van der Waals surface area contributed by atoms with Gasteiger partial charge in [0.2, 0.25) is 0 Å². The number of carbonyl (C=O) groups is 1. The second-order valence-corrected chi connectivity index (χ2v) is 8.84. The number of nitrogens with one attached hydrogen (secondary N) is 1. The zero-order chi connectivity index (χ0) is 16.7. The monoisotopic (exact) mass is 331 g/mol. The molecule has 2 saturated carbocycles. The van der Waals surface area contributed by atoms with Gasteiger partial charge in [-0.3, -0.25) is 4.79 Å². The molecular weight excluding hydrogens is 298 g/mol. The molecule has 0 aromatic heterocycles. The predicted octanol–water partition coefficient (Wildman–Crippen LogP) is 4.08. The molecule has 0 bridgehead atoms. The summed E-state index contributed by atoms with van der Waals surface area (Å²) in [5, 5.41) is 3.72. The Bertz CT molecular complexity index is 502. The van der Waals surface area contributed by atoms with Crippen molar-refractivity contribution < 1.29 is 9.53 Å². The third-order valence-corrected chi connectivity index (χ3v) is 7.29. The van der Waals surface area contributed by atoms with Crippen LogP contribution in [0.1, 0.15) is 65.2 Å². The smallest absolute Gasteiger partial charge is 0.309 e. The van der Waals surface area contributed by atoms with Gasteiger partial charge in [0.25, 0.3) is 0 Å². The van der Waals surface area contributed by atoms with Crippen LogP contribution >= 0.6 is 0 Å². The Morgan fingerprint density at radius 2 is 1.88 bits per heavy atom. The number of cyclic esters (lactones) is 1. The maximum absolute atomic E-state index is 12.3. The quantitative estimate of drug-likeness (QED) is 0.612. The van der Waals surface area contributed by atoms with E-state index in [1.807, 2.05) is 0 Å². The van der Waals surface area contributed by atoms with Gasteiger partial charge >= 0.3 is 5.97 Å². The van der Waals surface area contributed by atoms with Crippen molar-refractivity contribution in [2.24, 2.45) is 29.6 Å². The van der Waals surface area contributed by atoms with E-state index in [-0.39, 0.29) is 18.0 Å². The number of hydrogen-bond acceptors (Lipinski definition) is 3. The third-order valence-electron chi connectivity index (χ3n) is 7.29. The Morgan fingerprint density at radius 3 is 2.71 bits per heavy atom. The van der Waals surface area contributed by atoms with E-state index in [0.717, 1.165) is 18.3 Å². The molecule has 8 atom stereocenters. The third kappa shape index (κ3) is 3.05. The summed E-state index contributed by atoms with van der Waals surface area (Å²) < 4.78 is 5.66. The van der Waals surface area contributed by atoms with Gasteiger partial charge in [-0.15, -0.1) is 0 Å². The van der Waals surface area contributed by atoms with Gasteiger partial charge in [0.1, 0.15) is 6.10 Å². The predicted molar refractivity (Wildman–Crippen MR) is 95.5 cm³/mol. The standard InChI is InChI=1S/C21H33NO2/c1-13-6-5-8-16(22-13)10-11-18-17-9-4-3-7-15(17)12-19-20(18)14(2)24-21(19)23/h10-11,13-20,22H,3-9,12H2,1-2H3/b11-10+/t13-,14-,15-,16-,17-,18-,19+,20+/m1/s1. The largest absolute Gasteiger partial charge is 0.462 e. The average molecular weight is 332 g/mol. The lowest BCUT2D eigenvalue weighted by molar-refractivity contribution is -0.144. The van der Waals surface area contributed by atoms with Gasteiger partial charge in [-0.05, 0) is 57.3 Å². The van der Waals surface area contributed by atoms with Gasteiger partial charge in [-0.1, -0.05) is 37.8 Å². The fourth-order valence-electron chi connectivity index (χ4n) is 6.18. The summed E-state index contributed by atoms with van der Waals surface area (Å²) in [7, 11) is 0. The minimum atomic E-state index is 0.0827. The summed E-state index contributed by atoms with van der Waals surface area (Å²) in [6.45, 7) is 4.41. The maximum atomic E-state index is 12.3. The van der Waals surface area contributed by atoms with E-state index >= 15 is 0 Å². The minimum absolute atomic E-state index is 0.0827. The average Bonchev–Trinajstić information content (AvgIpc) is 2.86. The van der Waals surface area contributed by atoms with Crippen LogP contribution in [-0.4, -0.2) is 24.2 Å². The van der Waals surface area contributed by atoms with Gasteiger partial charge in [-0.25, -0.2) is 0 Å². The number of ether oxygens (including phenoxy) is 1. The topological polar surface area (TPSA) is 38.3 Å². The number of rotatable bonds is 2. The molecule has 0 unspecified atom stereocenters. The summed E-state index contributed by atoms with van der Waals surface area (Å²) in [5.41, 5.74) is 0. The highest BCUT2D eigenvalue weighted by molar-refractivity contribution is 5.75. The molecule has 0 amide bonds. The minimum Gasteiger partial charge on any atom is -0.462 e. The lowest BCUT2D eigenvalue weighted by Crippen LogP contribution is -2.43. The van der Waals surface area contributed by atoms with Gasteiger partial charge in [-0.2, -0.15) is 0 Å². The van der Waals surface area contributed by atoms with E-state index in [4.69, 9.17) is 4.74 Å². The maximum Gasteiger partial charge on any atom is 0.309 e. The molecule has 0 aromatic carbocycles. The first-order valence-corrected chi connectivity index (χ1v) is 10.3. The zero-order valence-electron chi connectivity index (χ0n) is 15.2. The van der Waals surface area contributed by atoms with Crippen molar-refractivity contribution in [1.82, 2.24) is 5.32 Å². The highest BCUT2D eigenvalue weighted by Crippen LogP contribution is 2.53. The molecule has 0 radical (unpaired) electrons. The number of fused-ring (bicyclic) bond motifs is 2. The molecule has 2 aliphatic heterocycles. The first-order chi connectivity index (χ1) is 11.6. The van der Waals surface area contributed by atoms with Crippen molar-refractivity contribution in [1.29, 1.82) is 0 Å². The molecule has 24 heavy (non-hydrogen) atoms. The van der Waals surface area contributed by atoms with E-state index in [1.54, 1.807) is 0 Å². The zero-order valence-corrected chi connectivity index (χ0v) is 15.2. The van der Waals surface area contributed by atoms with Gasteiger partial charge in [0, 0.05) is 18.0 Å². The first kappa shape index (κ1) is 16.6. The Kier molecular flexibility index (Phi) is 4.73. The van der Waals surface area contributed by atoms with Gasteiger partial charge < -0.3 is 10.1 Å². The molecule has 134 valence electrons. The second-order valence-electron chi connectivity index (χ2n) is 8.84. The number of piperidine rings is 1. The lowest BCUT2D eigenvalue weighted by atomic mass is 9.57. The van der Waals surface area contributed by atoms with E-state index in [0.29, 0.717) is 23.9 Å². The second kappa shape index (κ2) is 6.82. The first-order valence-electron chi connectivity index (χ1n) is 10.3. The van der Waals surface area contributed by atoms with Crippen LogP contribution in [-0.2, 0) is 9.53 Å². The van der Waals surface area contributed by atoms with Gasteiger partial charge in [0.15, 0.2) is 0 Å². The molecule has 0 spiro atoms. The van der Waals surface area contributed by atoms with E-state index in [9.17, 15) is 4.79 Å². The van der Waals surface area contributed by atoms with E-state index in [2.05, 4.69) is 31.3 Å². The van der Waals surface area contributed by atoms with Crippen LogP contribution in [0, 0.1) is 29.6 Å². The Hall–Kier alpha value is -0.830. The molecular formula is C21H33NO2. The molecule has 3 heteroatoms. The molecule has 2 saturated heterocycles. The molecule has 4 rings (SSSR count). The summed E-state index contributed by atoms with van der Waals surface area (Å²) in [6.07, 6.45) is 15.4. The van der Waals surface area contributed by atoms with Crippen molar-refractivity contribution in [3.05, 3.63) is 12.2 Å². The Labute approximate surface area is 146 Å². The highest BCUT2D eigenvalue weighted by atomic mass is 16.6. The molecule has 4 fully saturated rings. The number of allylic oxidation sites excluding steroid dienone is 1. The van der Waals surface area contributed by atoms with Crippen LogP contribution < -0.4 is 5.32 Å². The van der Waals surface area contributed by atoms with Gasteiger partial charge in [0.05, 0.1) is 5.92 Å². The van der Waals surface area contributed by atoms with Crippen LogP contribution in [0.2, 0.25) is 0 Å². The molecule has 3 nitrogen and oxygen atoms in total. The van der Waals surface area contributed by atoms with Crippen LogP contribution in [0.5, 0.6) is 0 Å². The fraction of sp³-hybridized carbons (Fsp3) is 0.857. The van der Waals surface area contributed by atoms with Crippen molar-refractivity contribution >= 4 is 5.97 Å². The Balaban J connectivity index is 1.55. The summed E-state index contributed by atoms with van der Waals surface area (Å²) in [4.78, 5) is 12.3. The van der Waals surface area contributed by atoms with E-state index < -0.39 is 0 Å². The van der Waals surface area contributed by atoms with Crippen LogP contribution in [0.15, 0.2) is 12.2 Å². The fourth-order valence-corrected chi connectivity index (χ4v) is 6.18. The SMILES string of the molecule is C[C@@H]1CCC[C@H](/C=C/[C@@H]2[C@@H]3CCCC[C@@H]3C[C@@H]3C(=O)O[C@H](C)[C@@H]23)N1. The molecule has 0 aromatic rings. The van der Waals surface area contributed by atoms with Crippen molar-refractivity contribution in [2.45, 2.75) is 83.4 Å².